The normalized spacial score (nSPS) is 10.6. The third-order valence-electron chi connectivity index (χ3n) is 1.22. The van der Waals surface area contributed by atoms with Crippen LogP contribution in [0.4, 0.5) is 0 Å². The number of aliphatic carboxylic acids is 1. The Labute approximate surface area is 66.4 Å². The van der Waals surface area contributed by atoms with Gasteiger partial charge in [-0.05, 0) is 19.3 Å². The standard InChI is InChI=1S/C8H14O3/c9-7-5-3-1-2-4-6-8(10)11/h1-2,9H,3-7H2,(H,10,11)/b2-1-. The molecule has 0 rings (SSSR count). The molecular formula is C8H14O3. The van der Waals surface area contributed by atoms with Crippen molar-refractivity contribution >= 4 is 5.97 Å². The number of hydrogen-bond acceptors (Lipinski definition) is 2. The number of carbonyl (C=O) groups is 1. The highest BCUT2D eigenvalue weighted by Crippen LogP contribution is 1.94. The molecule has 3 nitrogen and oxygen atoms in total. The van der Waals surface area contributed by atoms with E-state index in [1.54, 1.807) is 0 Å². The van der Waals surface area contributed by atoms with Crippen LogP contribution < -0.4 is 0 Å². The Balaban J connectivity index is 3.10. The van der Waals surface area contributed by atoms with Crippen LogP contribution in [0.15, 0.2) is 12.2 Å². The summed E-state index contributed by atoms with van der Waals surface area (Å²) >= 11 is 0. The lowest BCUT2D eigenvalue weighted by Gasteiger charge is -1.88. The fourth-order valence-electron chi connectivity index (χ4n) is 0.652. The van der Waals surface area contributed by atoms with Gasteiger partial charge < -0.3 is 10.2 Å². The van der Waals surface area contributed by atoms with Gasteiger partial charge in [0.25, 0.3) is 0 Å². The fraction of sp³-hybridized carbons (Fsp3) is 0.625. The van der Waals surface area contributed by atoms with Crippen molar-refractivity contribution in [1.82, 2.24) is 0 Å². The van der Waals surface area contributed by atoms with Crippen molar-refractivity contribution in [2.45, 2.75) is 25.7 Å². The summed E-state index contributed by atoms with van der Waals surface area (Å²) in [6, 6.07) is 0. The number of allylic oxidation sites excluding steroid dienone is 2. The van der Waals surface area contributed by atoms with Crippen molar-refractivity contribution in [3.8, 4) is 0 Å². The smallest absolute Gasteiger partial charge is 0.303 e. The lowest BCUT2D eigenvalue weighted by atomic mass is 10.2. The van der Waals surface area contributed by atoms with E-state index in [0.29, 0.717) is 6.42 Å². The Bertz CT molecular complexity index is 129. The molecule has 0 aromatic heterocycles. The predicted molar refractivity (Wildman–Crippen MR) is 42.3 cm³/mol. The van der Waals surface area contributed by atoms with Gasteiger partial charge in [-0.1, -0.05) is 12.2 Å². The molecule has 0 aliphatic carbocycles. The second-order valence-electron chi connectivity index (χ2n) is 2.27. The number of aliphatic hydroxyl groups excluding tert-OH is 1. The zero-order valence-corrected chi connectivity index (χ0v) is 6.49. The maximum Gasteiger partial charge on any atom is 0.303 e. The van der Waals surface area contributed by atoms with Gasteiger partial charge in [-0.2, -0.15) is 0 Å². The summed E-state index contributed by atoms with van der Waals surface area (Å²) in [7, 11) is 0. The summed E-state index contributed by atoms with van der Waals surface area (Å²) in [5.41, 5.74) is 0. The van der Waals surface area contributed by atoms with Crippen molar-refractivity contribution in [3.63, 3.8) is 0 Å². The summed E-state index contributed by atoms with van der Waals surface area (Å²) in [6.07, 6.45) is 6.10. The van der Waals surface area contributed by atoms with Crippen molar-refractivity contribution in [2.75, 3.05) is 6.61 Å². The highest BCUT2D eigenvalue weighted by atomic mass is 16.4. The van der Waals surface area contributed by atoms with Crippen LogP contribution in [0.2, 0.25) is 0 Å². The lowest BCUT2D eigenvalue weighted by Crippen LogP contribution is -1.91. The van der Waals surface area contributed by atoms with E-state index in [2.05, 4.69) is 0 Å². The summed E-state index contributed by atoms with van der Waals surface area (Å²) < 4.78 is 0. The second-order valence-corrected chi connectivity index (χ2v) is 2.27. The number of carboxylic acid groups (broad SMARTS) is 1. The molecule has 0 aliphatic rings. The van der Waals surface area contributed by atoms with Crippen LogP contribution in [-0.2, 0) is 4.79 Å². The number of carboxylic acids is 1. The predicted octanol–water partition coefficient (Wildman–Crippen LogP) is 1.18. The molecule has 0 aromatic rings. The fourth-order valence-corrected chi connectivity index (χ4v) is 0.652. The Morgan fingerprint density at radius 3 is 2.45 bits per heavy atom. The van der Waals surface area contributed by atoms with Gasteiger partial charge in [0.2, 0.25) is 0 Å². The van der Waals surface area contributed by atoms with Gasteiger partial charge in [-0.15, -0.1) is 0 Å². The van der Waals surface area contributed by atoms with Gasteiger partial charge in [0.05, 0.1) is 0 Å². The van der Waals surface area contributed by atoms with Crippen LogP contribution >= 0.6 is 0 Å². The van der Waals surface area contributed by atoms with Crippen molar-refractivity contribution in [3.05, 3.63) is 12.2 Å². The first kappa shape index (κ1) is 10.2. The van der Waals surface area contributed by atoms with Crippen LogP contribution in [-0.4, -0.2) is 22.8 Å². The average molecular weight is 158 g/mol. The van der Waals surface area contributed by atoms with Crippen LogP contribution in [0.1, 0.15) is 25.7 Å². The topological polar surface area (TPSA) is 57.5 Å². The van der Waals surface area contributed by atoms with Gasteiger partial charge >= 0.3 is 5.97 Å². The third kappa shape index (κ3) is 9.17. The molecule has 0 fully saturated rings. The SMILES string of the molecule is O=C(O)CC/C=C\CCCO. The van der Waals surface area contributed by atoms with Crippen LogP contribution in [0.5, 0.6) is 0 Å². The molecule has 0 radical (unpaired) electrons. The number of unbranched alkanes of at least 4 members (excludes halogenated alkanes) is 1. The first-order chi connectivity index (χ1) is 5.27. The summed E-state index contributed by atoms with van der Waals surface area (Å²) in [4.78, 5) is 10.0. The van der Waals surface area contributed by atoms with E-state index in [0.717, 1.165) is 12.8 Å². The van der Waals surface area contributed by atoms with E-state index in [1.165, 1.54) is 0 Å². The maximum absolute atomic E-state index is 10.0. The van der Waals surface area contributed by atoms with Crippen LogP contribution in [0, 0.1) is 0 Å². The van der Waals surface area contributed by atoms with E-state index >= 15 is 0 Å². The first-order valence-corrected chi connectivity index (χ1v) is 3.75. The van der Waals surface area contributed by atoms with Crippen molar-refractivity contribution < 1.29 is 15.0 Å². The molecule has 0 heterocycles. The first-order valence-electron chi connectivity index (χ1n) is 3.75. The monoisotopic (exact) mass is 158 g/mol. The number of hydrogen-bond donors (Lipinski definition) is 2. The molecule has 0 spiro atoms. The van der Waals surface area contributed by atoms with Gasteiger partial charge in [-0.3, -0.25) is 4.79 Å². The zero-order valence-electron chi connectivity index (χ0n) is 6.49. The Morgan fingerprint density at radius 2 is 1.91 bits per heavy atom. The molecular weight excluding hydrogens is 144 g/mol. The molecule has 3 heteroatoms. The summed E-state index contributed by atoms with van der Waals surface area (Å²) in [5.74, 6) is -0.767. The molecule has 0 bridgehead atoms. The molecule has 0 atom stereocenters. The van der Waals surface area contributed by atoms with Crippen molar-refractivity contribution in [1.29, 1.82) is 0 Å². The Kier molecular flexibility index (Phi) is 6.73. The molecule has 0 aromatic carbocycles. The third-order valence-corrected chi connectivity index (χ3v) is 1.22. The summed E-state index contributed by atoms with van der Waals surface area (Å²) in [6.45, 7) is 0.198. The van der Waals surface area contributed by atoms with Gasteiger partial charge in [0.15, 0.2) is 0 Å². The van der Waals surface area contributed by atoms with Crippen molar-refractivity contribution in [2.24, 2.45) is 0 Å². The molecule has 2 N–H and O–H groups in total. The Morgan fingerprint density at radius 1 is 1.27 bits per heavy atom. The molecule has 0 amide bonds. The molecule has 0 aliphatic heterocycles. The molecule has 0 unspecified atom stereocenters. The zero-order chi connectivity index (χ0) is 8.53. The van der Waals surface area contributed by atoms with E-state index in [4.69, 9.17) is 10.2 Å². The van der Waals surface area contributed by atoms with E-state index in [1.807, 2.05) is 12.2 Å². The van der Waals surface area contributed by atoms with E-state index in [-0.39, 0.29) is 13.0 Å². The van der Waals surface area contributed by atoms with E-state index in [9.17, 15) is 4.79 Å². The number of rotatable bonds is 6. The lowest BCUT2D eigenvalue weighted by molar-refractivity contribution is -0.136. The Hall–Kier alpha value is -0.830. The summed E-state index contributed by atoms with van der Waals surface area (Å²) in [5, 5.41) is 16.6. The average Bonchev–Trinajstić information content (AvgIpc) is 1.96. The van der Waals surface area contributed by atoms with Gasteiger partial charge in [0.1, 0.15) is 0 Å². The largest absolute Gasteiger partial charge is 0.481 e. The molecule has 0 saturated carbocycles. The number of aliphatic hydroxyl groups is 1. The highest BCUT2D eigenvalue weighted by Gasteiger charge is 1.90. The van der Waals surface area contributed by atoms with Gasteiger partial charge in [0, 0.05) is 13.0 Å². The molecule has 64 valence electrons. The minimum Gasteiger partial charge on any atom is -0.481 e. The quantitative estimate of drug-likeness (QED) is 0.450. The van der Waals surface area contributed by atoms with Gasteiger partial charge in [-0.25, -0.2) is 0 Å². The minimum atomic E-state index is -0.767. The van der Waals surface area contributed by atoms with Crippen LogP contribution in [0.25, 0.3) is 0 Å². The minimum absolute atomic E-state index is 0.190. The molecule has 11 heavy (non-hydrogen) atoms. The van der Waals surface area contributed by atoms with Crippen LogP contribution in [0.3, 0.4) is 0 Å². The highest BCUT2D eigenvalue weighted by molar-refractivity contribution is 5.66. The maximum atomic E-state index is 10.0. The molecule has 0 saturated heterocycles. The van der Waals surface area contributed by atoms with E-state index < -0.39 is 5.97 Å². The second kappa shape index (κ2) is 7.28.